The highest BCUT2D eigenvalue weighted by molar-refractivity contribution is 7.22. The van der Waals surface area contributed by atoms with Crippen molar-refractivity contribution in [2.45, 2.75) is 6.92 Å². The average molecular weight is 375 g/mol. The van der Waals surface area contributed by atoms with Crippen molar-refractivity contribution in [3.63, 3.8) is 0 Å². The zero-order chi connectivity index (χ0) is 18.5. The molecule has 7 nitrogen and oxygen atoms in total. The Bertz CT molecular complexity index is 1390. The summed E-state index contributed by atoms with van der Waals surface area (Å²) in [5.41, 5.74) is 1.27. The number of H-pyrrole nitrogens is 1. The van der Waals surface area contributed by atoms with Crippen molar-refractivity contribution in [3.8, 4) is 16.3 Å². The van der Waals surface area contributed by atoms with E-state index in [4.69, 9.17) is 0 Å². The zero-order valence-electron chi connectivity index (χ0n) is 14.2. The standard InChI is InChI=1S/C19H13N5O2S/c1-11-14-16(22-19(26)24(17(14)25)12-6-3-2-4-7-12)27-15(11)13-10-23-9-5-8-20-18(23)21-13/h2-10H,1H3,(H,22,26). The number of fused-ring (bicyclic) bond motifs is 2. The van der Waals surface area contributed by atoms with Gasteiger partial charge in [0.25, 0.3) is 5.56 Å². The number of para-hydroxylation sites is 1. The van der Waals surface area contributed by atoms with Gasteiger partial charge in [-0.2, -0.15) is 0 Å². The summed E-state index contributed by atoms with van der Waals surface area (Å²) in [7, 11) is 0. The molecule has 5 rings (SSSR count). The van der Waals surface area contributed by atoms with E-state index < -0.39 is 5.69 Å². The van der Waals surface area contributed by atoms with Crippen molar-refractivity contribution in [2.24, 2.45) is 0 Å². The predicted molar refractivity (Wildman–Crippen MR) is 105 cm³/mol. The minimum atomic E-state index is -0.455. The molecule has 0 aliphatic carbocycles. The Balaban J connectivity index is 1.80. The van der Waals surface area contributed by atoms with Crippen molar-refractivity contribution < 1.29 is 0 Å². The van der Waals surface area contributed by atoms with E-state index >= 15 is 0 Å². The molecule has 0 spiro atoms. The molecule has 0 atom stereocenters. The van der Waals surface area contributed by atoms with Gasteiger partial charge in [-0.25, -0.2) is 19.3 Å². The van der Waals surface area contributed by atoms with Crippen LogP contribution in [0.15, 0.2) is 64.6 Å². The zero-order valence-corrected chi connectivity index (χ0v) is 15.0. The third-order valence-electron chi connectivity index (χ3n) is 4.47. The molecule has 5 aromatic rings. The summed E-state index contributed by atoms with van der Waals surface area (Å²) >= 11 is 1.35. The molecule has 0 fully saturated rings. The van der Waals surface area contributed by atoms with E-state index in [1.165, 1.54) is 11.3 Å². The van der Waals surface area contributed by atoms with E-state index in [-0.39, 0.29) is 5.56 Å². The molecule has 0 saturated heterocycles. The first kappa shape index (κ1) is 15.7. The number of aromatic amines is 1. The Labute approximate surface area is 156 Å². The number of thiophene rings is 1. The summed E-state index contributed by atoms with van der Waals surface area (Å²) < 4.78 is 2.99. The number of hydrogen-bond acceptors (Lipinski definition) is 5. The van der Waals surface area contributed by atoms with Crippen LogP contribution in [0, 0.1) is 6.92 Å². The van der Waals surface area contributed by atoms with Gasteiger partial charge in [-0.3, -0.25) is 14.2 Å². The second-order valence-corrected chi connectivity index (χ2v) is 7.14. The molecule has 0 saturated carbocycles. The van der Waals surface area contributed by atoms with Gasteiger partial charge >= 0.3 is 5.69 Å². The highest BCUT2D eigenvalue weighted by atomic mass is 32.1. The first-order valence-corrected chi connectivity index (χ1v) is 9.09. The van der Waals surface area contributed by atoms with Gasteiger partial charge in [0.1, 0.15) is 10.5 Å². The lowest BCUT2D eigenvalue weighted by Crippen LogP contribution is -2.33. The number of nitrogens with zero attached hydrogens (tertiary/aromatic N) is 4. The minimum Gasteiger partial charge on any atom is -0.298 e. The van der Waals surface area contributed by atoms with Gasteiger partial charge in [0.2, 0.25) is 5.78 Å². The van der Waals surface area contributed by atoms with Crippen LogP contribution in [0.4, 0.5) is 0 Å². The maximum Gasteiger partial charge on any atom is 0.334 e. The lowest BCUT2D eigenvalue weighted by Gasteiger charge is -2.04. The van der Waals surface area contributed by atoms with Crippen LogP contribution < -0.4 is 11.2 Å². The van der Waals surface area contributed by atoms with Crippen molar-refractivity contribution in [1.82, 2.24) is 23.9 Å². The van der Waals surface area contributed by atoms with Gasteiger partial charge in [-0.15, -0.1) is 11.3 Å². The largest absolute Gasteiger partial charge is 0.334 e. The van der Waals surface area contributed by atoms with Crippen LogP contribution in [0.1, 0.15) is 5.56 Å². The van der Waals surface area contributed by atoms with E-state index in [9.17, 15) is 9.59 Å². The van der Waals surface area contributed by atoms with Crippen LogP contribution in [0.5, 0.6) is 0 Å². The van der Waals surface area contributed by atoms with E-state index in [2.05, 4.69) is 15.0 Å². The van der Waals surface area contributed by atoms with Crippen LogP contribution in [0.3, 0.4) is 0 Å². The van der Waals surface area contributed by atoms with E-state index in [1.807, 2.05) is 35.9 Å². The summed E-state index contributed by atoms with van der Waals surface area (Å²) in [5.74, 6) is 0.583. The van der Waals surface area contributed by atoms with Crippen molar-refractivity contribution in [1.29, 1.82) is 0 Å². The fourth-order valence-corrected chi connectivity index (χ4v) is 4.35. The van der Waals surface area contributed by atoms with Gasteiger partial charge in [-0.1, -0.05) is 18.2 Å². The molecule has 0 unspecified atom stereocenters. The molecule has 0 aliphatic heterocycles. The summed E-state index contributed by atoms with van der Waals surface area (Å²) in [4.78, 5) is 38.6. The summed E-state index contributed by atoms with van der Waals surface area (Å²) in [5, 5.41) is 0.503. The Morgan fingerprint density at radius 2 is 1.93 bits per heavy atom. The molecule has 27 heavy (non-hydrogen) atoms. The Kier molecular flexibility index (Phi) is 3.34. The monoisotopic (exact) mass is 375 g/mol. The van der Waals surface area contributed by atoms with Gasteiger partial charge < -0.3 is 0 Å². The summed E-state index contributed by atoms with van der Waals surface area (Å²) in [6.45, 7) is 1.88. The number of rotatable bonds is 2. The highest BCUT2D eigenvalue weighted by Crippen LogP contribution is 2.34. The molecule has 0 aliphatic rings. The average Bonchev–Trinajstić information content (AvgIpc) is 3.23. The molecule has 1 N–H and O–H groups in total. The minimum absolute atomic E-state index is 0.332. The Morgan fingerprint density at radius 3 is 2.70 bits per heavy atom. The Morgan fingerprint density at radius 1 is 1.11 bits per heavy atom. The third-order valence-corrected chi connectivity index (χ3v) is 5.70. The summed E-state index contributed by atoms with van der Waals surface area (Å²) in [6, 6.07) is 10.7. The first-order chi connectivity index (χ1) is 13.1. The van der Waals surface area contributed by atoms with Gasteiger partial charge in [0.05, 0.1) is 16.0 Å². The molecule has 0 radical (unpaired) electrons. The SMILES string of the molecule is Cc1c(-c2cn3cccnc3n2)sc2[nH]c(=O)n(-c3ccccc3)c(=O)c12. The normalized spacial score (nSPS) is 11.4. The second kappa shape index (κ2) is 5.75. The number of aromatic nitrogens is 5. The second-order valence-electron chi connectivity index (χ2n) is 6.12. The van der Waals surface area contributed by atoms with Crippen molar-refractivity contribution in [3.05, 3.63) is 81.4 Å². The molecule has 0 bridgehead atoms. The maximum atomic E-state index is 13.1. The van der Waals surface area contributed by atoms with Gasteiger partial charge in [0.15, 0.2) is 0 Å². The van der Waals surface area contributed by atoms with Gasteiger partial charge in [0, 0.05) is 18.6 Å². The number of nitrogens with one attached hydrogen (secondary N) is 1. The smallest absolute Gasteiger partial charge is 0.298 e. The maximum absolute atomic E-state index is 13.1. The van der Waals surface area contributed by atoms with E-state index in [0.717, 1.165) is 20.7 Å². The third kappa shape index (κ3) is 2.34. The summed E-state index contributed by atoms with van der Waals surface area (Å²) in [6.07, 6.45) is 5.42. The van der Waals surface area contributed by atoms with Crippen molar-refractivity contribution in [2.75, 3.05) is 0 Å². The van der Waals surface area contributed by atoms with Crippen LogP contribution in [0.25, 0.3) is 32.3 Å². The van der Waals surface area contributed by atoms with Crippen LogP contribution in [-0.2, 0) is 0 Å². The fraction of sp³-hybridized carbons (Fsp3) is 0.0526. The molecule has 4 aromatic heterocycles. The highest BCUT2D eigenvalue weighted by Gasteiger charge is 2.19. The topological polar surface area (TPSA) is 85.1 Å². The van der Waals surface area contributed by atoms with Gasteiger partial charge in [-0.05, 0) is 30.7 Å². The lowest BCUT2D eigenvalue weighted by molar-refractivity contribution is 0.903. The molecule has 0 amide bonds. The molecular weight excluding hydrogens is 362 g/mol. The molecule has 132 valence electrons. The number of aryl methyl sites for hydroxylation is 1. The van der Waals surface area contributed by atoms with E-state index in [0.29, 0.717) is 21.7 Å². The van der Waals surface area contributed by atoms with E-state index in [1.54, 1.807) is 30.5 Å². The quantitative estimate of drug-likeness (QED) is 0.514. The fourth-order valence-electron chi connectivity index (χ4n) is 3.21. The number of benzene rings is 1. The first-order valence-electron chi connectivity index (χ1n) is 8.27. The number of imidazole rings is 1. The molecule has 1 aromatic carbocycles. The lowest BCUT2D eigenvalue weighted by atomic mass is 10.2. The van der Waals surface area contributed by atoms with Crippen LogP contribution >= 0.6 is 11.3 Å². The predicted octanol–water partition coefficient (Wildman–Crippen LogP) is 2.76. The van der Waals surface area contributed by atoms with Crippen molar-refractivity contribution >= 4 is 27.3 Å². The van der Waals surface area contributed by atoms with Crippen LogP contribution in [0.2, 0.25) is 0 Å². The molecule has 4 heterocycles. The molecular formula is C19H13N5O2S. The Hall–Kier alpha value is -3.52. The molecule has 8 heteroatoms. The van der Waals surface area contributed by atoms with Crippen LogP contribution in [-0.4, -0.2) is 23.9 Å². The number of hydrogen-bond donors (Lipinski definition) is 1.